The number of carbonyl (C=O) groups excluding carboxylic acids is 1. The number of benzene rings is 1. The highest BCUT2D eigenvalue weighted by atomic mass is 79.9. The largest absolute Gasteiger partial charge is 0.481 e. The number of ether oxygens (including phenoxy) is 1. The lowest BCUT2D eigenvalue weighted by Crippen LogP contribution is -2.46. The normalized spacial score (nSPS) is 17.7. The molecule has 1 amide bonds. The third kappa shape index (κ3) is 3.82. The molecular weight excluding hydrogens is 378 g/mol. The zero-order valence-corrected chi connectivity index (χ0v) is 14.3. The molecule has 0 spiro atoms. The van der Waals surface area contributed by atoms with Crippen molar-refractivity contribution in [3.63, 3.8) is 0 Å². The van der Waals surface area contributed by atoms with Crippen molar-refractivity contribution in [1.29, 1.82) is 0 Å². The number of aromatic nitrogens is 2. The number of morpholine rings is 1. The second kappa shape index (κ2) is 7.14. The number of nitrogens with zero attached hydrogens (tertiary/aromatic N) is 3. The summed E-state index contributed by atoms with van der Waals surface area (Å²) < 4.78 is 8.13. The molecule has 0 aliphatic carbocycles. The molecule has 0 saturated carbocycles. The van der Waals surface area contributed by atoms with Gasteiger partial charge in [-0.1, -0.05) is 15.9 Å². The van der Waals surface area contributed by atoms with Crippen molar-refractivity contribution >= 4 is 27.8 Å². The topological polar surface area (TPSA) is 84.7 Å². The van der Waals surface area contributed by atoms with Gasteiger partial charge >= 0.3 is 5.97 Å². The summed E-state index contributed by atoms with van der Waals surface area (Å²) in [4.78, 5) is 29.1. The SMILES string of the molecule is O=C(O)C[C@H]1CN(C(=O)c2cn(-c3ccc(Br)cc3)cn2)CCO1. The molecule has 1 saturated heterocycles. The van der Waals surface area contributed by atoms with Crippen molar-refractivity contribution < 1.29 is 19.4 Å². The van der Waals surface area contributed by atoms with Gasteiger partial charge in [0, 0.05) is 29.4 Å². The quantitative estimate of drug-likeness (QED) is 0.857. The smallest absolute Gasteiger partial charge is 0.306 e. The fourth-order valence-electron chi connectivity index (χ4n) is 2.57. The maximum Gasteiger partial charge on any atom is 0.306 e. The first-order chi connectivity index (χ1) is 11.5. The van der Waals surface area contributed by atoms with Gasteiger partial charge in [0.15, 0.2) is 0 Å². The number of amides is 1. The predicted molar refractivity (Wildman–Crippen MR) is 89.2 cm³/mol. The van der Waals surface area contributed by atoms with Gasteiger partial charge in [0.2, 0.25) is 0 Å². The average Bonchev–Trinajstić information content (AvgIpc) is 3.04. The highest BCUT2D eigenvalue weighted by Gasteiger charge is 2.27. The Hall–Kier alpha value is -2.19. The van der Waals surface area contributed by atoms with Crippen LogP contribution in [0.3, 0.4) is 0 Å². The molecule has 3 rings (SSSR count). The lowest BCUT2D eigenvalue weighted by molar-refractivity contribution is -0.141. The van der Waals surface area contributed by atoms with E-state index in [0.29, 0.717) is 18.8 Å². The first kappa shape index (κ1) is 16.7. The third-order valence-electron chi connectivity index (χ3n) is 3.75. The highest BCUT2D eigenvalue weighted by molar-refractivity contribution is 9.10. The maximum absolute atomic E-state index is 12.6. The number of carboxylic acids is 1. The Morgan fingerprint density at radius 2 is 2.08 bits per heavy atom. The van der Waals surface area contributed by atoms with Crippen LogP contribution in [-0.4, -0.2) is 57.2 Å². The Balaban J connectivity index is 1.71. The van der Waals surface area contributed by atoms with Crippen LogP contribution in [-0.2, 0) is 9.53 Å². The first-order valence-corrected chi connectivity index (χ1v) is 8.25. The van der Waals surface area contributed by atoms with Crippen molar-refractivity contribution in [2.24, 2.45) is 0 Å². The van der Waals surface area contributed by atoms with E-state index in [1.165, 1.54) is 0 Å². The Labute approximate surface area is 147 Å². The van der Waals surface area contributed by atoms with Crippen LogP contribution in [0.1, 0.15) is 16.9 Å². The molecule has 24 heavy (non-hydrogen) atoms. The van der Waals surface area contributed by atoms with Crippen LogP contribution >= 0.6 is 15.9 Å². The number of carbonyl (C=O) groups is 2. The lowest BCUT2D eigenvalue weighted by atomic mass is 10.2. The van der Waals surface area contributed by atoms with E-state index in [1.807, 2.05) is 24.3 Å². The monoisotopic (exact) mass is 393 g/mol. The molecule has 1 N–H and O–H groups in total. The minimum Gasteiger partial charge on any atom is -0.481 e. The lowest BCUT2D eigenvalue weighted by Gasteiger charge is -2.31. The van der Waals surface area contributed by atoms with Crippen molar-refractivity contribution in [2.45, 2.75) is 12.5 Å². The third-order valence-corrected chi connectivity index (χ3v) is 4.28. The van der Waals surface area contributed by atoms with Crippen LogP contribution in [0.5, 0.6) is 0 Å². The van der Waals surface area contributed by atoms with Gasteiger partial charge in [0.25, 0.3) is 5.91 Å². The van der Waals surface area contributed by atoms with Gasteiger partial charge in [-0.25, -0.2) is 4.98 Å². The molecule has 0 radical (unpaired) electrons. The van der Waals surface area contributed by atoms with E-state index in [2.05, 4.69) is 20.9 Å². The molecular formula is C16H16BrN3O4. The molecule has 7 nitrogen and oxygen atoms in total. The van der Waals surface area contributed by atoms with E-state index in [1.54, 1.807) is 22.0 Å². The molecule has 2 aromatic rings. The summed E-state index contributed by atoms with van der Waals surface area (Å²) >= 11 is 3.38. The van der Waals surface area contributed by atoms with Crippen molar-refractivity contribution in [3.8, 4) is 5.69 Å². The van der Waals surface area contributed by atoms with E-state index < -0.39 is 12.1 Å². The number of imidazole rings is 1. The summed E-state index contributed by atoms with van der Waals surface area (Å²) in [5, 5.41) is 8.85. The zero-order chi connectivity index (χ0) is 17.1. The highest BCUT2D eigenvalue weighted by Crippen LogP contribution is 2.16. The van der Waals surface area contributed by atoms with E-state index >= 15 is 0 Å². The summed E-state index contributed by atoms with van der Waals surface area (Å²) in [6.07, 6.45) is 2.67. The minimum atomic E-state index is -0.936. The number of halogens is 1. The standard InChI is InChI=1S/C16H16BrN3O4/c17-11-1-3-12(4-2-11)20-9-14(18-10-20)16(23)19-5-6-24-13(8-19)7-15(21)22/h1-4,9-10,13H,5-8H2,(H,21,22)/t13-/m0/s1. The summed E-state index contributed by atoms with van der Waals surface area (Å²) in [6, 6.07) is 7.65. The molecule has 0 bridgehead atoms. The molecule has 1 aliphatic heterocycles. The van der Waals surface area contributed by atoms with Crippen LogP contribution in [0.25, 0.3) is 5.69 Å². The summed E-state index contributed by atoms with van der Waals surface area (Å²) in [5.74, 6) is -1.15. The van der Waals surface area contributed by atoms with Gasteiger partial charge in [-0.15, -0.1) is 0 Å². The van der Waals surface area contributed by atoms with Crippen molar-refractivity contribution in [1.82, 2.24) is 14.5 Å². The summed E-state index contributed by atoms with van der Waals surface area (Å²) in [7, 11) is 0. The molecule has 8 heteroatoms. The van der Waals surface area contributed by atoms with Crippen LogP contribution in [0, 0.1) is 0 Å². The molecule has 126 valence electrons. The number of carboxylic acid groups (broad SMARTS) is 1. The Morgan fingerprint density at radius 3 is 2.79 bits per heavy atom. The molecule has 1 aliphatic rings. The van der Waals surface area contributed by atoms with Crippen LogP contribution < -0.4 is 0 Å². The molecule has 1 atom stereocenters. The summed E-state index contributed by atoms with van der Waals surface area (Å²) in [5.41, 5.74) is 1.23. The number of hydrogen-bond acceptors (Lipinski definition) is 4. The molecule has 1 fully saturated rings. The van der Waals surface area contributed by atoms with Crippen molar-refractivity contribution in [2.75, 3.05) is 19.7 Å². The van der Waals surface area contributed by atoms with E-state index in [0.717, 1.165) is 10.2 Å². The number of rotatable bonds is 4. The predicted octanol–water partition coefficient (Wildman–Crippen LogP) is 1.95. The van der Waals surface area contributed by atoms with Crippen LogP contribution in [0.2, 0.25) is 0 Å². The maximum atomic E-state index is 12.6. The number of aliphatic carboxylic acids is 1. The fourth-order valence-corrected chi connectivity index (χ4v) is 2.84. The second-order valence-electron chi connectivity index (χ2n) is 5.48. The van der Waals surface area contributed by atoms with Gasteiger partial charge in [0.1, 0.15) is 12.0 Å². The van der Waals surface area contributed by atoms with Crippen LogP contribution in [0.4, 0.5) is 0 Å². The Morgan fingerprint density at radius 1 is 1.33 bits per heavy atom. The first-order valence-electron chi connectivity index (χ1n) is 7.45. The van der Waals surface area contributed by atoms with E-state index in [-0.39, 0.29) is 18.9 Å². The minimum absolute atomic E-state index is 0.114. The molecule has 1 aromatic carbocycles. The van der Waals surface area contributed by atoms with Gasteiger partial charge in [-0.3, -0.25) is 9.59 Å². The van der Waals surface area contributed by atoms with Crippen LogP contribution in [0.15, 0.2) is 41.3 Å². The van der Waals surface area contributed by atoms with Gasteiger partial charge in [-0.05, 0) is 24.3 Å². The molecule has 1 aromatic heterocycles. The average molecular weight is 394 g/mol. The Kier molecular flexibility index (Phi) is 4.96. The molecule has 2 heterocycles. The van der Waals surface area contributed by atoms with Gasteiger partial charge in [-0.2, -0.15) is 0 Å². The Bertz CT molecular complexity index is 744. The molecule has 0 unspecified atom stereocenters. The zero-order valence-electron chi connectivity index (χ0n) is 12.8. The second-order valence-corrected chi connectivity index (χ2v) is 6.40. The van der Waals surface area contributed by atoms with Crippen molar-refractivity contribution in [3.05, 3.63) is 47.0 Å². The van der Waals surface area contributed by atoms with E-state index in [4.69, 9.17) is 9.84 Å². The van der Waals surface area contributed by atoms with Gasteiger partial charge in [0.05, 0.1) is 19.1 Å². The number of hydrogen-bond donors (Lipinski definition) is 1. The van der Waals surface area contributed by atoms with E-state index in [9.17, 15) is 9.59 Å². The summed E-state index contributed by atoms with van der Waals surface area (Å²) in [6.45, 7) is 1.02. The van der Waals surface area contributed by atoms with Gasteiger partial charge < -0.3 is 19.3 Å². The fraction of sp³-hybridized carbons (Fsp3) is 0.312.